The summed E-state index contributed by atoms with van der Waals surface area (Å²) in [4.78, 5) is 21.2. The highest BCUT2D eigenvalue weighted by Gasteiger charge is 2.10. The van der Waals surface area contributed by atoms with E-state index < -0.39 is 0 Å². The predicted molar refractivity (Wildman–Crippen MR) is 102 cm³/mol. The van der Waals surface area contributed by atoms with Crippen LogP contribution in [0, 0.1) is 6.92 Å². The van der Waals surface area contributed by atoms with Gasteiger partial charge < -0.3 is 0 Å². The average molecular weight is 369 g/mol. The molecule has 4 rings (SSSR count). The van der Waals surface area contributed by atoms with Crippen molar-refractivity contribution >= 4 is 55.1 Å². The van der Waals surface area contributed by atoms with Crippen LogP contribution in [0.25, 0.3) is 21.1 Å². The Kier molecular flexibility index (Phi) is 3.99. The molecular formula is C18H13ClN4OS. The van der Waals surface area contributed by atoms with Crippen molar-refractivity contribution in [1.29, 1.82) is 0 Å². The van der Waals surface area contributed by atoms with Crippen molar-refractivity contribution in [3.05, 3.63) is 64.8 Å². The first-order chi connectivity index (χ1) is 12.1. The van der Waals surface area contributed by atoms with Gasteiger partial charge in [0.15, 0.2) is 0 Å². The van der Waals surface area contributed by atoms with Crippen LogP contribution in [0.3, 0.4) is 0 Å². The lowest BCUT2D eigenvalue weighted by atomic mass is 10.1. The van der Waals surface area contributed by atoms with Crippen molar-refractivity contribution in [2.24, 2.45) is 0 Å². The number of carbonyl (C=O) groups is 1. The summed E-state index contributed by atoms with van der Waals surface area (Å²) in [5.74, 6) is -0.243. The Morgan fingerprint density at radius 3 is 2.84 bits per heavy atom. The van der Waals surface area contributed by atoms with Crippen molar-refractivity contribution in [3.63, 3.8) is 0 Å². The van der Waals surface area contributed by atoms with E-state index >= 15 is 0 Å². The number of aromatic nitrogens is 2. The first-order valence-corrected chi connectivity index (χ1v) is 8.78. The van der Waals surface area contributed by atoms with E-state index in [-0.39, 0.29) is 5.91 Å². The summed E-state index contributed by atoms with van der Waals surface area (Å²) < 4.78 is 0.955. The second kappa shape index (κ2) is 6.31. The predicted octanol–water partition coefficient (Wildman–Crippen LogP) is 4.56. The molecule has 0 spiro atoms. The van der Waals surface area contributed by atoms with Gasteiger partial charge in [0.1, 0.15) is 5.52 Å². The van der Waals surface area contributed by atoms with Crippen molar-refractivity contribution in [1.82, 2.24) is 15.4 Å². The number of halogens is 1. The van der Waals surface area contributed by atoms with Gasteiger partial charge >= 0.3 is 0 Å². The van der Waals surface area contributed by atoms with E-state index in [0.29, 0.717) is 15.7 Å². The first kappa shape index (κ1) is 15.8. The monoisotopic (exact) mass is 368 g/mol. The minimum absolute atomic E-state index is 0.243. The van der Waals surface area contributed by atoms with E-state index in [4.69, 9.17) is 11.6 Å². The summed E-state index contributed by atoms with van der Waals surface area (Å²) in [7, 11) is 0. The summed E-state index contributed by atoms with van der Waals surface area (Å²) >= 11 is 7.54. The number of para-hydroxylation sites is 1. The molecule has 0 aliphatic rings. The van der Waals surface area contributed by atoms with Gasteiger partial charge in [0.05, 0.1) is 15.2 Å². The summed E-state index contributed by atoms with van der Waals surface area (Å²) in [5.41, 5.74) is 8.60. The first-order valence-electron chi connectivity index (χ1n) is 7.59. The maximum atomic E-state index is 12.4. The number of benzene rings is 2. The SMILES string of the molecule is Cc1ccc2cc(C(=O)NNc3nc4c(Cl)cccc4s3)ccc2n1. The molecule has 0 aliphatic heterocycles. The number of hydrazine groups is 1. The molecule has 0 bridgehead atoms. The largest absolute Gasteiger partial charge is 0.273 e. The highest BCUT2D eigenvalue weighted by atomic mass is 35.5. The van der Waals surface area contributed by atoms with Crippen molar-refractivity contribution in [3.8, 4) is 0 Å². The second-order valence-electron chi connectivity index (χ2n) is 5.54. The third kappa shape index (κ3) is 3.14. The van der Waals surface area contributed by atoms with Crippen LogP contribution in [0.5, 0.6) is 0 Å². The molecular weight excluding hydrogens is 356 g/mol. The number of hydrogen-bond donors (Lipinski definition) is 2. The number of fused-ring (bicyclic) bond motifs is 2. The summed E-state index contributed by atoms with van der Waals surface area (Å²) in [6.45, 7) is 1.94. The number of rotatable bonds is 3. The van der Waals surface area contributed by atoms with Crippen LogP contribution in [0.4, 0.5) is 5.13 Å². The van der Waals surface area contributed by atoms with Crippen LogP contribution >= 0.6 is 22.9 Å². The summed E-state index contributed by atoms with van der Waals surface area (Å²) in [5, 5.41) is 2.09. The Labute approximate surface area is 152 Å². The molecule has 1 amide bonds. The fourth-order valence-electron chi connectivity index (χ4n) is 2.52. The molecule has 0 fully saturated rings. The Morgan fingerprint density at radius 1 is 1.12 bits per heavy atom. The third-order valence-corrected chi connectivity index (χ3v) is 4.98. The fourth-order valence-corrected chi connectivity index (χ4v) is 3.64. The molecule has 5 nitrogen and oxygen atoms in total. The number of amides is 1. The molecule has 2 heterocycles. The lowest BCUT2D eigenvalue weighted by Crippen LogP contribution is -2.29. The summed E-state index contributed by atoms with van der Waals surface area (Å²) in [6.07, 6.45) is 0. The number of nitrogens with zero attached hydrogens (tertiary/aromatic N) is 2. The number of thiazole rings is 1. The zero-order valence-electron chi connectivity index (χ0n) is 13.2. The number of pyridine rings is 1. The van der Waals surface area contributed by atoms with Gasteiger partial charge in [-0.1, -0.05) is 35.1 Å². The van der Waals surface area contributed by atoms with Gasteiger partial charge in [0.2, 0.25) is 5.13 Å². The van der Waals surface area contributed by atoms with Gasteiger partial charge in [-0.3, -0.25) is 20.6 Å². The lowest BCUT2D eigenvalue weighted by Gasteiger charge is -2.06. The zero-order valence-corrected chi connectivity index (χ0v) is 14.8. The molecule has 7 heteroatoms. The maximum Gasteiger partial charge on any atom is 0.269 e. The second-order valence-corrected chi connectivity index (χ2v) is 6.98. The lowest BCUT2D eigenvalue weighted by molar-refractivity contribution is 0.0963. The van der Waals surface area contributed by atoms with E-state index in [1.54, 1.807) is 12.1 Å². The van der Waals surface area contributed by atoms with E-state index in [9.17, 15) is 4.79 Å². The summed E-state index contributed by atoms with van der Waals surface area (Å²) in [6, 6.07) is 14.9. The van der Waals surface area contributed by atoms with Gasteiger partial charge in [0, 0.05) is 16.6 Å². The van der Waals surface area contributed by atoms with E-state index in [1.165, 1.54) is 11.3 Å². The Balaban J connectivity index is 1.53. The zero-order chi connectivity index (χ0) is 17.4. The number of hydrogen-bond acceptors (Lipinski definition) is 5. The highest BCUT2D eigenvalue weighted by Crippen LogP contribution is 2.30. The fraction of sp³-hybridized carbons (Fsp3) is 0.0556. The Hall–Kier alpha value is -2.70. The van der Waals surface area contributed by atoms with Crippen molar-refractivity contribution < 1.29 is 4.79 Å². The molecule has 0 radical (unpaired) electrons. The Morgan fingerprint density at radius 2 is 2.00 bits per heavy atom. The van der Waals surface area contributed by atoms with Crippen LogP contribution in [0.1, 0.15) is 16.1 Å². The van der Waals surface area contributed by atoms with Crippen molar-refractivity contribution in [2.75, 3.05) is 5.43 Å². The quantitative estimate of drug-likeness (QED) is 0.520. The molecule has 0 unspecified atom stereocenters. The van der Waals surface area contributed by atoms with Gasteiger partial charge in [-0.2, -0.15) is 0 Å². The van der Waals surface area contributed by atoms with Crippen LogP contribution in [0.15, 0.2) is 48.5 Å². The molecule has 0 atom stereocenters. The molecule has 0 saturated carbocycles. The minimum Gasteiger partial charge on any atom is -0.273 e. The van der Waals surface area contributed by atoms with E-state index in [0.717, 1.165) is 26.8 Å². The van der Waals surface area contributed by atoms with Crippen molar-refractivity contribution in [2.45, 2.75) is 6.92 Å². The normalized spacial score (nSPS) is 11.0. The van der Waals surface area contributed by atoms with Crippen LogP contribution in [-0.2, 0) is 0 Å². The van der Waals surface area contributed by atoms with Gasteiger partial charge in [0.25, 0.3) is 5.91 Å². The van der Waals surface area contributed by atoms with Gasteiger partial charge in [-0.15, -0.1) is 0 Å². The standard InChI is InChI=1S/C18H13ClN4OS/c1-10-5-6-11-9-12(7-8-14(11)20-10)17(24)22-23-18-21-16-13(19)3-2-4-15(16)25-18/h2-9H,1H3,(H,21,23)(H,22,24). The van der Waals surface area contributed by atoms with Crippen LogP contribution < -0.4 is 10.9 Å². The number of nitrogens with one attached hydrogen (secondary N) is 2. The molecule has 0 aliphatic carbocycles. The molecule has 0 saturated heterocycles. The maximum absolute atomic E-state index is 12.4. The van der Waals surface area contributed by atoms with Crippen LogP contribution in [-0.4, -0.2) is 15.9 Å². The minimum atomic E-state index is -0.243. The number of carbonyl (C=O) groups excluding carboxylic acids is 1. The smallest absolute Gasteiger partial charge is 0.269 e. The molecule has 4 aromatic rings. The highest BCUT2D eigenvalue weighted by molar-refractivity contribution is 7.22. The van der Waals surface area contributed by atoms with Gasteiger partial charge in [-0.25, -0.2) is 4.98 Å². The van der Waals surface area contributed by atoms with Crippen LogP contribution in [0.2, 0.25) is 5.02 Å². The van der Waals surface area contributed by atoms with E-state index in [2.05, 4.69) is 20.8 Å². The topological polar surface area (TPSA) is 66.9 Å². The molecule has 2 N–H and O–H groups in total. The number of aryl methyl sites for hydroxylation is 1. The van der Waals surface area contributed by atoms with Gasteiger partial charge in [-0.05, 0) is 43.3 Å². The molecule has 2 aromatic carbocycles. The number of anilines is 1. The average Bonchev–Trinajstić information content (AvgIpc) is 3.04. The third-order valence-electron chi connectivity index (χ3n) is 3.74. The molecule has 124 valence electrons. The molecule has 25 heavy (non-hydrogen) atoms. The molecule has 2 aromatic heterocycles. The van der Waals surface area contributed by atoms with E-state index in [1.807, 2.05) is 43.3 Å². The Bertz CT molecular complexity index is 1110.